The van der Waals surface area contributed by atoms with Crippen LogP contribution in [-0.4, -0.2) is 11.7 Å². The SMILES string of the molecule is COc1ccc(-n2c(-c3ccc(C)cc3)ccc2-c2ccc(C(C#N)=C(C#N)C#N)s2)cc1. The summed E-state index contributed by atoms with van der Waals surface area (Å²) in [4.78, 5) is 1.51. The molecule has 0 spiro atoms. The van der Waals surface area contributed by atoms with Gasteiger partial charge >= 0.3 is 0 Å². The van der Waals surface area contributed by atoms with E-state index in [1.54, 1.807) is 13.2 Å². The molecule has 0 saturated carbocycles. The Morgan fingerprint density at radius 3 is 2.06 bits per heavy atom. The summed E-state index contributed by atoms with van der Waals surface area (Å²) in [5.41, 5.74) is 5.11. The lowest BCUT2D eigenvalue weighted by Gasteiger charge is -2.14. The second kappa shape index (κ2) is 9.28. The fourth-order valence-electron chi connectivity index (χ4n) is 3.57. The quantitative estimate of drug-likeness (QED) is 0.327. The second-order valence-electron chi connectivity index (χ2n) is 7.25. The van der Waals surface area contributed by atoms with Crippen molar-refractivity contribution in [3.05, 3.63) is 88.8 Å². The summed E-state index contributed by atoms with van der Waals surface area (Å²) < 4.78 is 7.48. The summed E-state index contributed by atoms with van der Waals surface area (Å²) in [7, 11) is 1.64. The molecule has 0 N–H and O–H groups in total. The number of hydrogen-bond donors (Lipinski definition) is 0. The number of nitriles is 3. The molecule has 0 aliphatic carbocycles. The van der Waals surface area contributed by atoms with Gasteiger partial charge in [0.15, 0.2) is 0 Å². The summed E-state index contributed by atoms with van der Waals surface area (Å²) in [6.07, 6.45) is 0. The van der Waals surface area contributed by atoms with Gasteiger partial charge in [-0.25, -0.2) is 0 Å². The van der Waals surface area contributed by atoms with Crippen molar-refractivity contribution in [2.75, 3.05) is 7.11 Å². The van der Waals surface area contributed by atoms with E-state index in [1.165, 1.54) is 16.9 Å². The molecular weight excluding hydrogens is 428 g/mol. The van der Waals surface area contributed by atoms with E-state index >= 15 is 0 Å². The molecule has 158 valence electrons. The van der Waals surface area contributed by atoms with Crippen LogP contribution in [0.1, 0.15) is 10.4 Å². The predicted molar refractivity (Wildman–Crippen MR) is 130 cm³/mol. The van der Waals surface area contributed by atoms with Gasteiger partial charge in [-0.15, -0.1) is 11.3 Å². The number of rotatable bonds is 5. The fourth-order valence-corrected chi connectivity index (χ4v) is 4.59. The van der Waals surface area contributed by atoms with Crippen LogP contribution in [0, 0.1) is 40.9 Å². The van der Waals surface area contributed by atoms with Gasteiger partial charge in [0.05, 0.1) is 28.9 Å². The smallest absolute Gasteiger partial charge is 0.148 e. The number of thiophene rings is 1. The van der Waals surface area contributed by atoms with E-state index in [9.17, 15) is 15.8 Å². The molecule has 5 nitrogen and oxygen atoms in total. The predicted octanol–water partition coefficient (Wildman–Crippen LogP) is 6.51. The van der Waals surface area contributed by atoms with Crippen molar-refractivity contribution in [2.24, 2.45) is 0 Å². The molecular formula is C27H18N4OS. The first-order valence-electron chi connectivity index (χ1n) is 10.1. The Bertz CT molecular complexity index is 1450. The summed E-state index contributed by atoms with van der Waals surface area (Å²) in [5.74, 6) is 0.770. The average Bonchev–Trinajstić information content (AvgIpc) is 3.50. The maximum absolute atomic E-state index is 9.53. The fraction of sp³-hybridized carbons (Fsp3) is 0.0741. The molecule has 0 aliphatic heterocycles. The Labute approximate surface area is 196 Å². The van der Waals surface area contributed by atoms with E-state index in [4.69, 9.17) is 4.74 Å². The first-order valence-corrected chi connectivity index (χ1v) is 10.9. The third-order valence-corrected chi connectivity index (χ3v) is 6.37. The van der Waals surface area contributed by atoms with Crippen LogP contribution in [0.4, 0.5) is 0 Å². The van der Waals surface area contributed by atoms with Gasteiger partial charge < -0.3 is 9.30 Å². The molecule has 0 saturated heterocycles. The van der Waals surface area contributed by atoms with Crippen LogP contribution in [-0.2, 0) is 0 Å². The van der Waals surface area contributed by atoms with Crippen LogP contribution in [0.5, 0.6) is 5.75 Å². The number of methoxy groups -OCH3 is 1. The van der Waals surface area contributed by atoms with E-state index < -0.39 is 0 Å². The Morgan fingerprint density at radius 2 is 1.45 bits per heavy atom. The van der Waals surface area contributed by atoms with Gasteiger partial charge in [-0.05, 0) is 61.0 Å². The molecule has 0 bridgehead atoms. The summed E-state index contributed by atoms with van der Waals surface area (Å²) in [5, 5.41) is 27.9. The third kappa shape index (κ3) is 4.14. The highest BCUT2D eigenvalue weighted by Crippen LogP contribution is 2.38. The number of allylic oxidation sites excluding steroid dienone is 2. The monoisotopic (exact) mass is 446 g/mol. The molecule has 4 aromatic rings. The molecule has 0 fully saturated rings. The van der Waals surface area contributed by atoms with Crippen molar-refractivity contribution < 1.29 is 4.74 Å². The first-order chi connectivity index (χ1) is 16.1. The average molecular weight is 447 g/mol. The van der Waals surface area contributed by atoms with Crippen LogP contribution in [0.25, 0.3) is 33.1 Å². The maximum Gasteiger partial charge on any atom is 0.148 e. The van der Waals surface area contributed by atoms with E-state index in [-0.39, 0.29) is 11.1 Å². The van der Waals surface area contributed by atoms with Crippen molar-refractivity contribution in [1.29, 1.82) is 15.8 Å². The number of nitrogens with zero attached hydrogens (tertiary/aromatic N) is 4. The lowest BCUT2D eigenvalue weighted by atomic mass is 10.1. The summed E-state index contributed by atoms with van der Waals surface area (Å²) in [6.45, 7) is 2.06. The van der Waals surface area contributed by atoms with Crippen molar-refractivity contribution in [2.45, 2.75) is 6.92 Å². The zero-order valence-electron chi connectivity index (χ0n) is 18.0. The summed E-state index contributed by atoms with van der Waals surface area (Å²) >= 11 is 1.38. The highest BCUT2D eigenvalue weighted by atomic mass is 32.1. The van der Waals surface area contributed by atoms with Crippen LogP contribution in [0.3, 0.4) is 0 Å². The standard InChI is InChI=1S/C27H18N4OS/c1-18-3-5-19(6-4-18)24-11-12-25(31(24)21-7-9-22(32-2)10-8-21)27-14-13-26(33-27)23(17-30)20(15-28)16-29/h3-14H,1-2H3. The highest BCUT2D eigenvalue weighted by Gasteiger charge is 2.17. The van der Waals surface area contributed by atoms with Crippen molar-refractivity contribution in [3.63, 3.8) is 0 Å². The van der Waals surface area contributed by atoms with Gasteiger partial charge in [-0.1, -0.05) is 29.8 Å². The van der Waals surface area contributed by atoms with Crippen molar-refractivity contribution in [1.82, 2.24) is 4.57 Å². The van der Waals surface area contributed by atoms with Gasteiger partial charge in [0.2, 0.25) is 0 Å². The maximum atomic E-state index is 9.53. The molecule has 0 amide bonds. The van der Waals surface area contributed by atoms with Crippen LogP contribution < -0.4 is 4.74 Å². The van der Waals surface area contributed by atoms with Gasteiger partial charge in [-0.2, -0.15) is 15.8 Å². The highest BCUT2D eigenvalue weighted by molar-refractivity contribution is 7.16. The topological polar surface area (TPSA) is 85.5 Å². The molecule has 0 unspecified atom stereocenters. The molecule has 2 aromatic carbocycles. The minimum atomic E-state index is -0.184. The number of hydrogen-bond acceptors (Lipinski definition) is 5. The molecule has 4 rings (SSSR count). The van der Waals surface area contributed by atoms with Gasteiger partial charge in [-0.3, -0.25) is 0 Å². The second-order valence-corrected chi connectivity index (χ2v) is 8.34. The minimum Gasteiger partial charge on any atom is -0.497 e. The van der Waals surface area contributed by atoms with Gasteiger partial charge in [0, 0.05) is 10.6 Å². The molecule has 33 heavy (non-hydrogen) atoms. The molecule has 0 radical (unpaired) electrons. The normalized spacial score (nSPS) is 10.0. The largest absolute Gasteiger partial charge is 0.497 e. The number of ether oxygens (including phenoxy) is 1. The molecule has 0 atom stereocenters. The number of benzene rings is 2. The Kier molecular flexibility index (Phi) is 6.09. The Morgan fingerprint density at radius 1 is 0.788 bits per heavy atom. The zero-order chi connectivity index (χ0) is 23.4. The lowest BCUT2D eigenvalue weighted by Crippen LogP contribution is -1.99. The molecule has 2 heterocycles. The van der Waals surface area contributed by atoms with Crippen molar-refractivity contribution >= 4 is 16.9 Å². The zero-order valence-corrected chi connectivity index (χ0v) is 18.9. The summed E-state index contributed by atoms with van der Waals surface area (Å²) in [6, 6.07) is 29.6. The molecule has 2 aromatic heterocycles. The van der Waals surface area contributed by atoms with E-state index in [0.717, 1.165) is 33.3 Å². The third-order valence-electron chi connectivity index (χ3n) is 5.25. The molecule has 0 aliphatic rings. The van der Waals surface area contributed by atoms with Gasteiger partial charge in [0.1, 0.15) is 29.5 Å². The van der Waals surface area contributed by atoms with E-state index in [0.29, 0.717) is 4.88 Å². The number of aromatic nitrogens is 1. The van der Waals surface area contributed by atoms with Gasteiger partial charge in [0.25, 0.3) is 0 Å². The van der Waals surface area contributed by atoms with Crippen LogP contribution in [0.2, 0.25) is 0 Å². The van der Waals surface area contributed by atoms with E-state index in [2.05, 4.69) is 41.8 Å². The Balaban J connectivity index is 1.90. The minimum absolute atomic E-state index is 0.0950. The Hall–Kier alpha value is -4.57. The van der Waals surface area contributed by atoms with Crippen LogP contribution >= 0.6 is 11.3 Å². The van der Waals surface area contributed by atoms with Crippen LogP contribution in [0.15, 0.2) is 78.4 Å². The number of aryl methyl sites for hydroxylation is 1. The lowest BCUT2D eigenvalue weighted by molar-refractivity contribution is 0.415. The van der Waals surface area contributed by atoms with Crippen molar-refractivity contribution in [3.8, 4) is 51.5 Å². The first kappa shape index (κ1) is 21.7. The molecule has 6 heteroatoms. The van der Waals surface area contributed by atoms with E-state index in [1.807, 2.05) is 54.6 Å².